The maximum absolute atomic E-state index is 12.2. The number of carbonyl (C=O) groups is 1. The normalized spacial score (nSPS) is 21.8. The van der Waals surface area contributed by atoms with Crippen LogP contribution in [0.1, 0.15) is 58.3 Å². The SMILES string of the molecule is CC(C(=O)NCCCCCN(C)C1CCCCC1)N1CCOCC1. The van der Waals surface area contributed by atoms with Crippen LogP contribution in [0.4, 0.5) is 0 Å². The molecule has 1 atom stereocenters. The number of hydrogen-bond donors (Lipinski definition) is 1. The van der Waals surface area contributed by atoms with Gasteiger partial charge in [-0.1, -0.05) is 25.7 Å². The van der Waals surface area contributed by atoms with Crippen LogP contribution in [0.25, 0.3) is 0 Å². The Labute approximate surface area is 148 Å². The standard InChI is InChI=1S/C19H37N3O2/c1-17(22-13-15-24-16-14-22)19(23)20-11-7-4-8-12-21(2)18-9-5-3-6-10-18/h17-18H,3-16H2,1-2H3,(H,20,23). The molecule has 1 aliphatic carbocycles. The lowest BCUT2D eigenvalue weighted by molar-refractivity contribution is -0.127. The summed E-state index contributed by atoms with van der Waals surface area (Å²) in [5.74, 6) is 0.163. The molecule has 2 fully saturated rings. The van der Waals surface area contributed by atoms with Crippen molar-refractivity contribution < 1.29 is 9.53 Å². The molecule has 1 saturated carbocycles. The van der Waals surface area contributed by atoms with Crippen molar-refractivity contribution in [3.63, 3.8) is 0 Å². The number of amides is 1. The highest BCUT2D eigenvalue weighted by Crippen LogP contribution is 2.21. The zero-order chi connectivity index (χ0) is 17.2. The summed E-state index contributed by atoms with van der Waals surface area (Å²) < 4.78 is 5.34. The molecule has 2 aliphatic rings. The molecule has 0 spiro atoms. The quantitative estimate of drug-likeness (QED) is 0.655. The Hall–Kier alpha value is -0.650. The number of nitrogens with zero attached hydrogens (tertiary/aromatic N) is 2. The van der Waals surface area contributed by atoms with Crippen molar-refractivity contribution >= 4 is 5.91 Å². The first-order valence-corrected chi connectivity index (χ1v) is 9.98. The Morgan fingerprint density at radius 3 is 2.58 bits per heavy atom. The van der Waals surface area contributed by atoms with E-state index in [4.69, 9.17) is 4.74 Å². The summed E-state index contributed by atoms with van der Waals surface area (Å²) in [7, 11) is 2.28. The van der Waals surface area contributed by atoms with E-state index in [9.17, 15) is 4.79 Å². The number of nitrogens with one attached hydrogen (secondary N) is 1. The molecule has 1 saturated heterocycles. The number of unbranched alkanes of at least 4 members (excludes halogenated alkanes) is 2. The fraction of sp³-hybridized carbons (Fsp3) is 0.947. The topological polar surface area (TPSA) is 44.8 Å². The summed E-state index contributed by atoms with van der Waals surface area (Å²) in [5.41, 5.74) is 0. The molecule has 24 heavy (non-hydrogen) atoms. The maximum atomic E-state index is 12.2. The van der Waals surface area contributed by atoms with Gasteiger partial charge in [0.2, 0.25) is 5.91 Å². The second kappa shape index (κ2) is 11.1. The van der Waals surface area contributed by atoms with Gasteiger partial charge in [0.25, 0.3) is 0 Å². The molecule has 140 valence electrons. The Bertz CT molecular complexity index is 353. The van der Waals surface area contributed by atoms with Crippen LogP contribution in [0.2, 0.25) is 0 Å². The van der Waals surface area contributed by atoms with E-state index in [1.807, 2.05) is 6.92 Å². The third-order valence-electron chi connectivity index (χ3n) is 5.66. The molecule has 2 rings (SSSR count). The van der Waals surface area contributed by atoms with Crippen molar-refractivity contribution in [2.24, 2.45) is 0 Å². The molecule has 5 nitrogen and oxygen atoms in total. The summed E-state index contributed by atoms with van der Waals surface area (Å²) in [6.45, 7) is 7.21. The molecule has 0 aromatic heterocycles. The number of morpholine rings is 1. The van der Waals surface area contributed by atoms with E-state index in [2.05, 4.69) is 22.2 Å². The minimum absolute atomic E-state index is 0.0358. The van der Waals surface area contributed by atoms with Crippen LogP contribution in [-0.4, -0.2) is 74.2 Å². The van der Waals surface area contributed by atoms with Crippen LogP contribution in [0.3, 0.4) is 0 Å². The number of rotatable bonds is 9. The van der Waals surface area contributed by atoms with Crippen molar-refractivity contribution in [3.05, 3.63) is 0 Å². The molecule has 1 amide bonds. The summed E-state index contributed by atoms with van der Waals surface area (Å²) in [6.07, 6.45) is 10.5. The average Bonchev–Trinajstić information content (AvgIpc) is 2.65. The van der Waals surface area contributed by atoms with Gasteiger partial charge in [-0.25, -0.2) is 0 Å². The van der Waals surface area contributed by atoms with Gasteiger partial charge in [-0.15, -0.1) is 0 Å². The third kappa shape index (κ3) is 6.69. The van der Waals surface area contributed by atoms with Crippen molar-refractivity contribution in [1.29, 1.82) is 0 Å². The second-order valence-electron chi connectivity index (χ2n) is 7.45. The molecular weight excluding hydrogens is 302 g/mol. The van der Waals surface area contributed by atoms with E-state index in [1.54, 1.807) is 0 Å². The predicted molar refractivity (Wildman–Crippen MR) is 98.2 cm³/mol. The first kappa shape index (κ1) is 19.7. The Morgan fingerprint density at radius 2 is 1.88 bits per heavy atom. The monoisotopic (exact) mass is 339 g/mol. The van der Waals surface area contributed by atoms with Crippen molar-refractivity contribution in [2.45, 2.75) is 70.4 Å². The first-order chi connectivity index (χ1) is 11.7. The minimum atomic E-state index is -0.0358. The molecule has 1 unspecified atom stereocenters. The van der Waals surface area contributed by atoms with Crippen LogP contribution in [0.5, 0.6) is 0 Å². The van der Waals surface area contributed by atoms with Gasteiger partial charge in [0.15, 0.2) is 0 Å². The molecule has 0 bridgehead atoms. The predicted octanol–water partition coefficient (Wildman–Crippen LogP) is 2.26. The van der Waals surface area contributed by atoms with E-state index in [-0.39, 0.29) is 11.9 Å². The van der Waals surface area contributed by atoms with Crippen LogP contribution in [-0.2, 0) is 9.53 Å². The van der Waals surface area contributed by atoms with E-state index >= 15 is 0 Å². The zero-order valence-electron chi connectivity index (χ0n) is 15.8. The molecule has 1 aliphatic heterocycles. The molecular formula is C19H37N3O2. The van der Waals surface area contributed by atoms with Gasteiger partial charge in [-0.05, 0) is 46.2 Å². The lowest BCUT2D eigenvalue weighted by Gasteiger charge is -2.31. The van der Waals surface area contributed by atoms with Gasteiger partial charge in [-0.2, -0.15) is 0 Å². The van der Waals surface area contributed by atoms with E-state index < -0.39 is 0 Å². The van der Waals surface area contributed by atoms with Crippen molar-refractivity contribution in [3.8, 4) is 0 Å². The Morgan fingerprint density at radius 1 is 1.17 bits per heavy atom. The van der Waals surface area contributed by atoms with Gasteiger partial charge in [0, 0.05) is 25.7 Å². The molecule has 0 aromatic rings. The third-order valence-corrected chi connectivity index (χ3v) is 5.66. The van der Waals surface area contributed by atoms with Crippen molar-refractivity contribution in [1.82, 2.24) is 15.1 Å². The van der Waals surface area contributed by atoms with Gasteiger partial charge in [-0.3, -0.25) is 9.69 Å². The fourth-order valence-corrected chi connectivity index (χ4v) is 3.86. The van der Waals surface area contributed by atoms with Crippen LogP contribution in [0, 0.1) is 0 Å². The molecule has 0 radical (unpaired) electrons. The number of carbonyl (C=O) groups excluding carboxylic acids is 1. The van der Waals surface area contributed by atoms with E-state index in [0.29, 0.717) is 0 Å². The highest BCUT2D eigenvalue weighted by Gasteiger charge is 2.22. The maximum Gasteiger partial charge on any atom is 0.237 e. The second-order valence-corrected chi connectivity index (χ2v) is 7.45. The van der Waals surface area contributed by atoms with Gasteiger partial charge in [0.1, 0.15) is 0 Å². The molecule has 1 heterocycles. The zero-order valence-corrected chi connectivity index (χ0v) is 15.8. The summed E-state index contributed by atoms with van der Waals surface area (Å²) in [4.78, 5) is 16.9. The van der Waals surface area contributed by atoms with Crippen LogP contribution in [0.15, 0.2) is 0 Å². The minimum Gasteiger partial charge on any atom is -0.379 e. The Kier molecular flexibility index (Phi) is 9.07. The number of ether oxygens (including phenoxy) is 1. The molecule has 1 N–H and O–H groups in total. The number of hydrogen-bond acceptors (Lipinski definition) is 4. The highest BCUT2D eigenvalue weighted by molar-refractivity contribution is 5.81. The summed E-state index contributed by atoms with van der Waals surface area (Å²) in [5, 5.41) is 3.10. The van der Waals surface area contributed by atoms with Gasteiger partial charge >= 0.3 is 0 Å². The summed E-state index contributed by atoms with van der Waals surface area (Å²) >= 11 is 0. The molecule has 5 heteroatoms. The van der Waals surface area contributed by atoms with Gasteiger partial charge in [0.05, 0.1) is 19.3 Å². The van der Waals surface area contributed by atoms with E-state index in [1.165, 1.54) is 51.5 Å². The van der Waals surface area contributed by atoms with E-state index in [0.717, 1.165) is 45.3 Å². The fourth-order valence-electron chi connectivity index (χ4n) is 3.86. The summed E-state index contributed by atoms with van der Waals surface area (Å²) in [6, 6.07) is 0.777. The lowest BCUT2D eigenvalue weighted by atomic mass is 9.94. The van der Waals surface area contributed by atoms with Gasteiger partial charge < -0.3 is 15.0 Å². The Balaban J connectivity index is 1.49. The van der Waals surface area contributed by atoms with Crippen LogP contribution >= 0.6 is 0 Å². The van der Waals surface area contributed by atoms with Crippen LogP contribution < -0.4 is 5.32 Å². The lowest BCUT2D eigenvalue weighted by Crippen LogP contribution is -2.49. The largest absolute Gasteiger partial charge is 0.379 e. The van der Waals surface area contributed by atoms with Crippen molar-refractivity contribution in [2.75, 3.05) is 46.4 Å². The smallest absolute Gasteiger partial charge is 0.237 e. The average molecular weight is 340 g/mol. The highest BCUT2D eigenvalue weighted by atomic mass is 16.5. The first-order valence-electron chi connectivity index (χ1n) is 9.98. The molecule has 0 aromatic carbocycles.